The van der Waals surface area contributed by atoms with Crippen LogP contribution in [0, 0.1) is 6.92 Å². The molecule has 0 bridgehead atoms. The summed E-state index contributed by atoms with van der Waals surface area (Å²) in [4.78, 5) is 16.3. The smallest absolute Gasteiger partial charge is 0.258 e. The standard InChI is InChI=1S/C13H9BrCl2N2O/c1-7-10(14)4-5-12(17-7)18-13(19)9-3-2-8(15)6-11(9)16/h2-6H,1H3,(H,17,18,19). The van der Waals surface area contributed by atoms with Gasteiger partial charge in [0.2, 0.25) is 0 Å². The summed E-state index contributed by atoms with van der Waals surface area (Å²) >= 11 is 15.1. The van der Waals surface area contributed by atoms with Crippen molar-refractivity contribution >= 4 is 50.9 Å². The molecular weight excluding hydrogens is 351 g/mol. The number of rotatable bonds is 2. The van der Waals surface area contributed by atoms with Crippen LogP contribution in [0.3, 0.4) is 0 Å². The van der Waals surface area contributed by atoms with Gasteiger partial charge in [0.1, 0.15) is 5.82 Å². The Morgan fingerprint density at radius 1 is 1.26 bits per heavy atom. The second kappa shape index (κ2) is 5.90. The van der Waals surface area contributed by atoms with E-state index in [4.69, 9.17) is 23.2 Å². The van der Waals surface area contributed by atoms with Crippen molar-refractivity contribution in [1.29, 1.82) is 0 Å². The molecule has 1 aromatic heterocycles. The first-order valence-electron chi connectivity index (χ1n) is 5.37. The molecule has 1 N–H and O–H groups in total. The van der Waals surface area contributed by atoms with Gasteiger partial charge < -0.3 is 5.32 Å². The molecule has 2 rings (SSSR count). The third-order valence-corrected chi connectivity index (χ3v) is 3.82. The number of anilines is 1. The molecular formula is C13H9BrCl2N2O. The van der Waals surface area contributed by atoms with Gasteiger partial charge in [-0.05, 0) is 53.2 Å². The van der Waals surface area contributed by atoms with Gasteiger partial charge in [-0.1, -0.05) is 23.2 Å². The van der Waals surface area contributed by atoms with Crippen LogP contribution in [0.4, 0.5) is 5.82 Å². The van der Waals surface area contributed by atoms with Gasteiger partial charge in [-0.2, -0.15) is 0 Å². The van der Waals surface area contributed by atoms with Crippen LogP contribution in [0.1, 0.15) is 16.1 Å². The minimum atomic E-state index is -0.323. The Morgan fingerprint density at radius 3 is 2.63 bits per heavy atom. The predicted molar refractivity (Wildman–Crippen MR) is 81.1 cm³/mol. The average molecular weight is 360 g/mol. The highest BCUT2D eigenvalue weighted by atomic mass is 79.9. The summed E-state index contributed by atoms with van der Waals surface area (Å²) in [5, 5.41) is 3.48. The minimum Gasteiger partial charge on any atom is -0.307 e. The SMILES string of the molecule is Cc1nc(NC(=O)c2ccc(Cl)cc2Cl)ccc1Br. The van der Waals surface area contributed by atoms with E-state index in [2.05, 4.69) is 26.2 Å². The first-order chi connectivity index (χ1) is 8.97. The molecule has 0 atom stereocenters. The molecule has 0 aliphatic rings. The number of benzene rings is 1. The van der Waals surface area contributed by atoms with Gasteiger partial charge in [0.05, 0.1) is 16.3 Å². The van der Waals surface area contributed by atoms with Crippen LogP contribution in [0.5, 0.6) is 0 Å². The number of halogens is 3. The van der Waals surface area contributed by atoms with E-state index in [1.807, 2.05) is 13.0 Å². The first-order valence-corrected chi connectivity index (χ1v) is 6.92. The zero-order valence-corrected chi connectivity index (χ0v) is 13.0. The highest BCUT2D eigenvalue weighted by molar-refractivity contribution is 9.10. The topological polar surface area (TPSA) is 42.0 Å². The number of carbonyl (C=O) groups excluding carboxylic acids is 1. The van der Waals surface area contributed by atoms with Crippen LogP contribution in [-0.4, -0.2) is 10.9 Å². The number of carbonyl (C=O) groups is 1. The van der Waals surface area contributed by atoms with E-state index >= 15 is 0 Å². The second-order valence-corrected chi connectivity index (χ2v) is 5.54. The fraction of sp³-hybridized carbons (Fsp3) is 0.0769. The van der Waals surface area contributed by atoms with E-state index in [0.29, 0.717) is 21.4 Å². The van der Waals surface area contributed by atoms with Crippen molar-refractivity contribution in [2.75, 3.05) is 5.32 Å². The Labute approximate surface area is 129 Å². The zero-order valence-electron chi connectivity index (χ0n) is 9.88. The highest BCUT2D eigenvalue weighted by Gasteiger charge is 2.11. The maximum absolute atomic E-state index is 12.1. The van der Waals surface area contributed by atoms with Crippen LogP contribution < -0.4 is 5.32 Å². The van der Waals surface area contributed by atoms with Gasteiger partial charge in [-0.25, -0.2) is 4.98 Å². The van der Waals surface area contributed by atoms with Gasteiger partial charge in [-0.3, -0.25) is 4.79 Å². The van der Waals surface area contributed by atoms with Gasteiger partial charge in [-0.15, -0.1) is 0 Å². The first kappa shape index (κ1) is 14.3. The number of amides is 1. The molecule has 3 nitrogen and oxygen atoms in total. The minimum absolute atomic E-state index is 0.304. The van der Waals surface area contributed by atoms with Crippen LogP contribution in [0.15, 0.2) is 34.8 Å². The summed E-state index contributed by atoms with van der Waals surface area (Å²) in [6.07, 6.45) is 0. The number of aromatic nitrogens is 1. The predicted octanol–water partition coefficient (Wildman–Crippen LogP) is 4.71. The van der Waals surface area contributed by atoms with E-state index in [-0.39, 0.29) is 5.91 Å². The molecule has 0 radical (unpaired) electrons. The Hall–Kier alpha value is -1.10. The van der Waals surface area contributed by atoms with Crippen LogP contribution in [0.25, 0.3) is 0 Å². The molecule has 6 heteroatoms. The number of hydrogen-bond acceptors (Lipinski definition) is 2. The lowest BCUT2D eigenvalue weighted by molar-refractivity contribution is 0.102. The molecule has 0 saturated carbocycles. The third-order valence-electron chi connectivity index (χ3n) is 2.44. The Balaban J connectivity index is 2.23. The second-order valence-electron chi connectivity index (χ2n) is 3.84. The van der Waals surface area contributed by atoms with Crippen molar-refractivity contribution in [3.05, 3.63) is 56.1 Å². The van der Waals surface area contributed by atoms with E-state index in [1.165, 1.54) is 6.07 Å². The van der Waals surface area contributed by atoms with Gasteiger partial charge >= 0.3 is 0 Å². The van der Waals surface area contributed by atoms with Gasteiger partial charge in [0.25, 0.3) is 5.91 Å². The van der Waals surface area contributed by atoms with Crippen molar-refractivity contribution in [3.63, 3.8) is 0 Å². The Morgan fingerprint density at radius 2 is 2.00 bits per heavy atom. The summed E-state index contributed by atoms with van der Waals surface area (Å²) in [6.45, 7) is 1.84. The number of hydrogen-bond donors (Lipinski definition) is 1. The lowest BCUT2D eigenvalue weighted by atomic mass is 10.2. The molecule has 0 aliphatic carbocycles. The maximum Gasteiger partial charge on any atom is 0.258 e. The third kappa shape index (κ3) is 3.47. The van der Waals surface area contributed by atoms with E-state index < -0.39 is 0 Å². The van der Waals surface area contributed by atoms with Crippen LogP contribution >= 0.6 is 39.1 Å². The monoisotopic (exact) mass is 358 g/mol. The largest absolute Gasteiger partial charge is 0.307 e. The molecule has 0 spiro atoms. The van der Waals surface area contributed by atoms with E-state index in [9.17, 15) is 4.79 Å². The molecule has 1 aromatic carbocycles. The van der Waals surface area contributed by atoms with Crippen molar-refractivity contribution in [1.82, 2.24) is 4.98 Å². The van der Waals surface area contributed by atoms with Crippen molar-refractivity contribution in [3.8, 4) is 0 Å². The van der Waals surface area contributed by atoms with Crippen molar-refractivity contribution in [2.24, 2.45) is 0 Å². The number of pyridine rings is 1. The number of nitrogens with zero attached hydrogens (tertiary/aromatic N) is 1. The van der Waals surface area contributed by atoms with Crippen LogP contribution in [-0.2, 0) is 0 Å². The van der Waals surface area contributed by atoms with Crippen molar-refractivity contribution < 1.29 is 4.79 Å². The van der Waals surface area contributed by atoms with E-state index in [0.717, 1.165) is 10.2 Å². The van der Waals surface area contributed by atoms with Crippen molar-refractivity contribution in [2.45, 2.75) is 6.92 Å². The highest BCUT2D eigenvalue weighted by Crippen LogP contribution is 2.22. The van der Waals surface area contributed by atoms with E-state index in [1.54, 1.807) is 18.2 Å². The fourth-order valence-corrected chi connectivity index (χ4v) is 2.19. The fourth-order valence-electron chi connectivity index (χ4n) is 1.47. The molecule has 98 valence electrons. The number of aryl methyl sites for hydroxylation is 1. The quantitative estimate of drug-likeness (QED) is 0.843. The zero-order chi connectivity index (χ0) is 14.0. The lowest BCUT2D eigenvalue weighted by Crippen LogP contribution is -2.13. The molecule has 2 aromatic rings. The van der Waals surface area contributed by atoms with Gasteiger partial charge in [0.15, 0.2) is 0 Å². The van der Waals surface area contributed by atoms with Gasteiger partial charge in [0, 0.05) is 9.50 Å². The molecule has 0 fully saturated rings. The summed E-state index contributed by atoms with van der Waals surface area (Å²) in [5.74, 6) is 0.146. The van der Waals surface area contributed by atoms with Crippen LogP contribution in [0.2, 0.25) is 10.0 Å². The summed E-state index contributed by atoms with van der Waals surface area (Å²) < 4.78 is 0.884. The average Bonchev–Trinajstić information content (AvgIpc) is 2.33. The Bertz CT molecular complexity index is 647. The molecule has 0 unspecified atom stereocenters. The molecule has 19 heavy (non-hydrogen) atoms. The number of nitrogens with one attached hydrogen (secondary N) is 1. The molecule has 1 heterocycles. The molecule has 1 amide bonds. The normalized spacial score (nSPS) is 10.3. The maximum atomic E-state index is 12.1. The molecule has 0 aliphatic heterocycles. The Kier molecular flexibility index (Phi) is 4.45. The molecule has 0 saturated heterocycles. The lowest BCUT2D eigenvalue weighted by Gasteiger charge is -2.07. The summed E-state index contributed by atoms with van der Waals surface area (Å²) in [7, 11) is 0. The summed E-state index contributed by atoms with van der Waals surface area (Å²) in [6, 6.07) is 8.24. The summed E-state index contributed by atoms with van der Waals surface area (Å²) in [5.41, 5.74) is 1.15.